The molecule has 2 aromatic carbocycles. The van der Waals surface area contributed by atoms with E-state index in [9.17, 15) is 15.5 Å². The minimum atomic E-state index is -0.452. The van der Waals surface area contributed by atoms with Crippen LogP contribution in [0.1, 0.15) is 42.0 Å². The van der Waals surface area contributed by atoms with Crippen molar-refractivity contribution in [2.75, 3.05) is 36.9 Å². The number of aliphatic hydroxyl groups is 2. The van der Waals surface area contributed by atoms with Gasteiger partial charge in [0.1, 0.15) is 6.07 Å². The maximum Gasteiger partial charge on any atom is 0.227 e. The first kappa shape index (κ1) is 24.2. The summed E-state index contributed by atoms with van der Waals surface area (Å²) < 4.78 is 0. The van der Waals surface area contributed by atoms with Crippen molar-refractivity contribution in [3.8, 4) is 17.3 Å². The van der Waals surface area contributed by atoms with Gasteiger partial charge in [0.25, 0.3) is 0 Å². The minimum absolute atomic E-state index is 0.00991. The van der Waals surface area contributed by atoms with Crippen molar-refractivity contribution in [2.45, 2.75) is 44.8 Å². The Morgan fingerprint density at radius 1 is 1.22 bits per heavy atom. The average Bonchev–Trinajstić information content (AvgIpc) is 3.23. The summed E-state index contributed by atoms with van der Waals surface area (Å²) in [6.45, 7) is 7.17. The molecule has 8 nitrogen and oxygen atoms in total. The third kappa shape index (κ3) is 4.78. The molecule has 1 saturated heterocycles. The van der Waals surface area contributed by atoms with E-state index in [1.165, 1.54) is 0 Å². The number of piperidine rings is 1. The number of aromatic nitrogens is 2. The number of hydrogen-bond donors (Lipinski definition) is 4. The third-order valence-corrected chi connectivity index (χ3v) is 7.33. The lowest BCUT2D eigenvalue weighted by atomic mass is 9.83. The van der Waals surface area contributed by atoms with Crippen LogP contribution in [0, 0.1) is 18.3 Å². The molecule has 3 aromatic rings. The number of nitrogens with one attached hydrogen (secondary N) is 2. The second-order valence-electron chi connectivity index (χ2n) is 10.2. The van der Waals surface area contributed by atoms with Gasteiger partial charge in [-0.05, 0) is 60.7 Å². The summed E-state index contributed by atoms with van der Waals surface area (Å²) in [7, 11) is 0. The fourth-order valence-electron chi connectivity index (χ4n) is 5.03. The lowest BCUT2D eigenvalue weighted by Gasteiger charge is -2.30. The number of anilines is 3. The molecule has 0 bridgehead atoms. The van der Waals surface area contributed by atoms with Gasteiger partial charge in [0, 0.05) is 49.0 Å². The summed E-state index contributed by atoms with van der Waals surface area (Å²) in [5.41, 5.74) is 6.58. The van der Waals surface area contributed by atoms with Crippen LogP contribution < -0.4 is 10.6 Å². The number of aryl methyl sites for hydroxylation is 1. The minimum Gasteiger partial charge on any atom is -0.395 e. The predicted molar refractivity (Wildman–Crippen MR) is 140 cm³/mol. The van der Waals surface area contributed by atoms with E-state index >= 15 is 0 Å². The third-order valence-electron chi connectivity index (χ3n) is 7.33. The maximum atomic E-state index is 10.0. The Balaban J connectivity index is 1.44. The Bertz CT molecular complexity index is 1310. The van der Waals surface area contributed by atoms with E-state index in [0.717, 1.165) is 66.1 Å². The van der Waals surface area contributed by atoms with Crippen LogP contribution in [0.4, 0.5) is 17.3 Å². The number of hydrogen-bond acceptors (Lipinski definition) is 8. The van der Waals surface area contributed by atoms with Crippen molar-refractivity contribution in [2.24, 2.45) is 0 Å². The van der Waals surface area contributed by atoms with Gasteiger partial charge in [-0.1, -0.05) is 19.1 Å². The molecule has 0 saturated carbocycles. The van der Waals surface area contributed by atoms with Crippen LogP contribution in [0.2, 0.25) is 0 Å². The predicted octanol–water partition coefficient (Wildman–Crippen LogP) is 3.70. The van der Waals surface area contributed by atoms with Crippen molar-refractivity contribution in [1.29, 1.82) is 5.26 Å². The van der Waals surface area contributed by atoms with Gasteiger partial charge < -0.3 is 20.8 Å². The summed E-state index contributed by atoms with van der Waals surface area (Å²) in [6.07, 6.45) is 3.13. The first-order chi connectivity index (χ1) is 17.4. The quantitative estimate of drug-likeness (QED) is 0.418. The van der Waals surface area contributed by atoms with Gasteiger partial charge in [-0.15, -0.1) is 0 Å². The molecule has 1 fully saturated rings. The van der Waals surface area contributed by atoms with Gasteiger partial charge >= 0.3 is 0 Å². The van der Waals surface area contributed by atoms with E-state index < -0.39 is 5.41 Å². The Morgan fingerprint density at radius 2 is 2.03 bits per heavy atom. The zero-order chi connectivity index (χ0) is 25.3. The van der Waals surface area contributed by atoms with Crippen molar-refractivity contribution in [3.63, 3.8) is 0 Å². The molecule has 0 aliphatic carbocycles. The molecule has 36 heavy (non-hydrogen) atoms. The van der Waals surface area contributed by atoms with E-state index in [1.54, 1.807) is 6.20 Å². The summed E-state index contributed by atoms with van der Waals surface area (Å²) >= 11 is 0. The molecule has 0 unspecified atom stereocenters. The number of likely N-dealkylation sites (tertiary alicyclic amines) is 1. The summed E-state index contributed by atoms with van der Waals surface area (Å²) in [4.78, 5) is 11.6. The largest absolute Gasteiger partial charge is 0.395 e. The maximum absolute atomic E-state index is 10.0. The topological polar surface area (TPSA) is 117 Å². The lowest BCUT2D eigenvalue weighted by Crippen LogP contribution is -2.35. The van der Waals surface area contributed by atoms with E-state index in [1.807, 2.05) is 25.1 Å². The van der Waals surface area contributed by atoms with Crippen LogP contribution in [0.5, 0.6) is 0 Å². The number of rotatable bonds is 6. The van der Waals surface area contributed by atoms with Gasteiger partial charge in [-0.25, -0.2) is 9.97 Å². The molecule has 1 aromatic heterocycles. The first-order valence-corrected chi connectivity index (χ1v) is 12.4. The molecule has 5 rings (SSSR count). The van der Waals surface area contributed by atoms with Gasteiger partial charge in [-0.3, -0.25) is 4.90 Å². The Hall–Kier alpha value is -3.51. The van der Waals surface area contributed by atoms with Gasteiger partial charge in [0.05, 0.1) is 29.7 Å². The van der Waals surface area contributed by atoms with E-state index in [4.69, 9.17) is 4.98 Å². The smallest absolute Gasteiger partial charge is 0.227 e. The van der Waals surface area contributed by atoms with Crippen LogP contribution in [-0.2, 0) is 12.0 Å². The molecule has 8 heteroatoms. The van der Waals surface area contributed by atoms with Gasteiger partial charge in [-0.2, -0.15) is 5.26 Å². The highest BCUT2D eigenvalue weighted by Gasteiger charge is 2.36. The summed E-state index contributed by atoms with van der Waals surface area (Å²) in [5, 5.41) is 36.3. The van der Waals surface area contributed by atoms with Crippen LogP contribution in [0.15, 0.2) is 42.6 Å². The summed E-state index contributed by atoms with van der Waals surface area (Å²) in [5.74, 6) is 0.482. The molecule has 2 aliphatic heterocycles. The highest BCUT2D eigenvalue weighted by molar-refractivity contribution is 5.76. The zero-order valence-electron chi connectivity index (χ0n) is 20.8. The van der Waals surface area contributed by atoms with Crippen molar-refractivity contribution in [1.82, 2.24) is 14.9 Å². The normalized spacial score (nSPS) is 20.0. The second-order valence-corrected chi connectivity index (χ2v) is 10.2. The Kier molecular flexibility index (Phi) is 6.63. The monoisotopic (exact) mass is 484 g/mol. The number of aliphatic hydroxyl groups excluding tert-OH is 2. The molecular weight excluding hydrogens is 452 g/mol. The average molecular weight is 485 g/mol. The fourth-order valence-corrected chi connectivity index (χ4v) is 5.03. The SMILES string of the molecule is Cc1ccc(CN2CCC(O)CC2)c(Nc2nccc(-c3cc(C#N)c4c(c3)[C@@](C)(CO)CN4)n2)c1. The number of nitrogens with zero attached hydrogens (tertiary/aromatic N) is 4. The van der Waals surface area contributed by atoms with E-state index in [2.05, 4.69) is 51.7 Å². The number of benzene rings is 2. The van der Waals surface area contributed by atoms with Crippen molar-refractivity contribution >= 4 is 17.3 Å². The highest BCUT2D eigenvalue weighted by Crippen LogP contribution is 2.41. The van der Waals surface area contributed by atoms with Crippen LogP contribution in [-0.4, -0.2) is 57.4 Å². The zero-order valence-corrected chi connectivity index (χ0v) is 20.8. The van der Waals surface area contributed by atoms with E-state index in [-0.39, 0.29) is 12.7 Å². The number of fused-ring (bicyclic) bond motifs is 1. The highest BCUT2D eigenvalue weighted by atomic mass is 16.3. The molecule has 186 valence electrons. The molecule has 1 atom stereocenters. The van der Waals surface area contributed by atoms with Gasteiger partial charge in [0.15, 0.2) is 0 Å². The first-order valence-electron chi connectivity index (χ1n) is 12.4. The standard InChI is InChI=1S/C28H32N6O2/c1-18-3-4-19(15-34-9-6-22(36)7-10-34)25(11-18)33-27-30-8-5-24(32-27)20-12-21(14-29)26-23(13-20)28(2,17-35)16-31-26/h3-5,8,11-13,22,31,35-36H,6-7,9-10,15-17H2,1-2H3,(H,30,32,33)/t28-/m1/s1. The Labute approximate surface area is 211 Å². The molecular formula is C28H32N6O2. The van der Waals surface area contributed by atoms with Crippen molar-refractivity contribution in [3.05, 3.63) is 64.8 Å². The fraction of sp³-hybridized carbons (Fsp3) is 0.393. The molecule has 0 radical (unpaired) electrons. The number of nitriles is 1. The molecule has 0 amide bonds. The van der Waals surface area contributed by atoms with Crippen LogP contribution >= 0.6 is 0 Å². The molecule has 3 heterocycles. The van der Waals surface area contributed by atoms with Crippen LogP contribution in [0.25, 0.3) is 11.3 Å². The molecule has 0 spiro atoms. The summed E-state index contributed by atoms with van der Waals surface area (Å²) in [6, 6.07) is 14.3. The van der Waals surface area contributed by atoms with Gasteiger partial charge in [0.2, 0.25) is 5.95 Å². The molecule has 4 N–H and O–H groups in total. The Morgan fingerprint density at radius 3 is 2.78 bits per heavy atom. The van der Waals surface area contributed by atoms with Crippen LogP contribution in [0.3, 0.4) is 0 Å². The van der Waals surface area contributed by atoms with Crippen molar-refractivity contribution < 1.29 is 10.2 Å². The molecule has 2 aliphatic rings. The van der Waals surface area contributed by atoms with E-state index in [0.29, 0.717) is 23.8 Å². The second kappa shape index (κ2) is 9.86. The lowest BCUT2D eigenvalue weighted by molar-refractivity contribution is 0.0793.